The lowest BCUT2D eigenvalue weighted by Gasteiger charge is -2.10. The molecule has 7 heteroatoms. The highest BCUT2D eigenvalue weighted by atomic mass is 32.1. The molecule has 14 heavy (non-hydrogen) atoms. The molecular weight excluding hydrogens is 218 g/mol. The molecule has 0 aromatic carbocycles. The van der Waals surface area contributed by atoms with Gasteiger partial charge >= 0.3 is 0 Å². The van der Waals surface area contributed by atoms with E-state index in [1.165, 1.54) is 11.7 Å². The Bertz CT molecular complexity index is 357. The van der Waals surface area contributed by atoms with E-state index in [1.54, 1.807) is 23.7 Å². The molecule has 0 fully saturated rings. The van der Waals surface area contributed by atoms with E-state index in [1.807, 2.05) is 5.38 Å². The topological polar surface area (TPSA) is 76.7 Å². The summed E-state index contributed by atoms with van der Waals surface area (Å²) in [6.45, 7) is 0. The van der Waals surface area contributed by atoms with Crippen LogP contribution in [-0.4, -0.2) is 13.7 Å². The second-order valence-electron chi connectivity index (χ2n) is 2.68. The Labute approximate surface area is 89.3 Å². The van der Waals surface area contributed by atoms with E-state index in [0.717, 1.165) is 17.1 Å². The summed E-state index contributed by atoms with van der Waals surface area (Å²) in [5, 5.41) is 2.99. The molecule has 0 radical (unpaired) electrons. The molecule has 0 saturated heterocycles. The summed E-state index contributed by atoms with van der Waals surface area (Å²) in [6.07, 6.45) is 4.26. The summed E-state index contributed by atoms with van der Waals surface area (Å²) in [5.74, 6) is 5.44. The molecule has 2 aromatic heterocycles. The molecule has 2 rings (SSSR count). The highest BCUT2D eigenvalue weighted by Gasteiger charge is 2.14. The largest absolute Gasteiger partial charge is 0.271 e. The van der Waals surface area contributed by atoms with E-state index < -0.39 is 0 Å². The Morgan fingerprint density at radius 2 is 2.50 bits per heavy atom. The van der Waals surface area contributed by atoms with Gasteiger partial charge in [-0.25, -0.2) is 4.98 Å². The molecule has 74 valence electrons. The van der Waals surface area contributed by atoms with Crippen LogP contribution >= 0.6 is 23.1 Å². The standard InChI is InChI=1S/C7H9N5S2/c8-11-5(6-4-10-14-12-6)3-7-9-1-2-13-7/h1-2,4-5,11H,3,8H2. The maximum Gasteiger partial charge on any atom is 0.0944 e. The van der Waals surface area contributed by atoms with Gasteiger partial charge in [-0.15, -0.1) is 11.3 Å². The molecule has 0 amide bonds. The van der Waals surface area contributed by atoms with Crippen LogP contribution in [0.5, 0.6) is 0 Å². The van der Waals surface area contributed by atoms with Crippen LogP contribution in [0.2, 0.25) is 0 Å². The van der Waals surface area contributed by atoms with Crippen molar-refractivity contribution < 1.29 is 0 Å². The predicted octanol–water partition coefficient (Wildman–Crippen LogP) is 0.742. The number of aromatic nitrogens is 3. The van der Waals surface area contributed by atoms with Crippen molar-refractivity contribution in [2.24, 2.45) is 5.84 Å². The average molecular weight is 227 g/mol. The van der Waals surface area contributed by atoms with Crippen LogP contribution in [0.3, 0.4) is 0 Å². The fraction of sp³-hybridized carbons (Fsp3) is 0.286. The second kappa shape index (κ2) is 4.56. The van der Waals surface area contributed by atoms with Gasteiger partial charge in [0.15, 0.2) is 0 Å². The number of nitrogens with zero attached hydrogens (tertiary/aromatic N) is 3. The quantitative estimate of drug-likeness (QED) is 0.595. The van der Waals surface area contributed by atoms with Gasteiger partial charge in [0.2, 0.25) is 0 Å². The number of hydrazine groups is 1. The maximum atomic E-state index is 5.44. The third-order valence-corrected chi connectivity index (χ3v) is 3.09. The van der Waals surface area contributed by atoms with Crippen LogP contribution in [-0.2, 0) is 6.42 Å². The van der Waals surface area contributed by atoms with E-state index in [0.29, 0.717) is 0 Å². The van der Waals surface area contributed by atoms with E-state index >= 15 is 0 Å². The van der Waals surface area contributed by atoms with Gasteiger partial charge in [0.05, 0.1) is 34.7 Å². The fourth-order valence-corrected chi connectivity index (χ4v) is 2.24. The smallest absolute Gasteiger partial charge is 0.0944 e. The number of hydrogen-bond donors (Lipinski definition) is 2. The molecular formula is C7H9N5S2. The van der Waals surface area contributed by atoms with Gasteiger partial charge in [0, 0.05) is 18.0 Å². The number of rotatable bonds is 4. The van der Waals surface area contributed by atoms with Crippen molar-refractivity contribution in [2.45, 2.75) is 12.5 Å². The van der Waals surface area contributed by atoms with Crippen molar-refractivity contribution >= 4 is 23.1 Å². The van der Waals surface area contributed by atoms with Crippen LogP contribution < -0.4 is 11.3 Å². The number of nitrogens with one attached hydrogen (secondary N) is 1. The minimum Gasteiger partial charge on any atom is -0.271 e. The van der Waals surface area contributed by atoms with Gasteiger partial charge in [-0.05, 0) is 0 Å². The van der Waals surface area contributed by atoms with Crippen molar-refractivity contribution in [3.05, 3.63) is 28.5 Å². The highest BCUT2D eigenvalue weighted by molar-refractivity contribution is 7.09. The molecule has 1 atom stereocenters. The molecule has 1 unspecified atom stereocenters. The molecule has 2 aromatic rings. The minimum absolute atomic E-state index is 0.0000926. The first kappa shape index (κ1) is 9.66. The summed E-state index contributed by atoms with van der Waals surface area (Å²) in [6, 6.07) is -0.0000926. The van der Waals surface area contributed by atoms with Gasteiger partial charge in [-0.1, -0.05) is 0 Å². The first-order valence-electron chi connectivity index (χ1n) is 4.02. The van der Waals surface area contributed by atoms with Crippen molar-refractivity contribution in [2.75, 3.05) is 0 Å². The molecule has 0 saturated carbocycles. The number of nitrogens with two attached hydrogens (primary N) is 1. The number of hydrogen-bond acceptors (Lipinski definition) is 7. The lowest BCUT2D eigenvalue weighted by Crippen LogP contribution is -2.29. The van der Waals surface area contributed by atoms with E-state index in [-0.39, 0.29) is 6.04 Å². The first-order valence-corrected chi connectivity index (χ1v) is 5.63. The highest BCUT2D eigenvalue weighted by Crippen LogP contribution is 2.17. The second-order valence-corrected chi connectivity index (χ2v) is 4.22. The van der Waals surface area contributed by atoms with Crippen LogP contribution in [0.15, 0.2) is 17.8 Å². The summed E-state index contributed by atoms with van der Waals surface area (Å²) in [4.78, 5) is 4.19. The van der Waals surface area contributed by atoms with E-state index in [4.69, 9.17) is 5.84 Å². The van der Waals surface area contributed by atoms with Gasteiger partial charge in [-0.3, -0.25) is 11.3 Å². The third kappa shape index (κ3) is 2.13. The Morgan fingerprint density at radius 3 is 3.07 bits per heavy atom. The summed E-state index contributed by atoms with van der Waals surface area (Å²) >= 11 is 2.80. The Balaban J connectivity index is 2.08. The van der Waals surface area contributed by atoms with Gasteiger partial charge in [0.25, 0.3) is 0 Å². The van der Waals surface area contributed by atoms with Crippen molar-refractivity contribution in [1.29, 1.82) is 0 Å². The zero-order chi connectivity index (χ0) is 9.80. The summed E-state index contributed by atoms with van der Waals surface area (Å²) < 4.78 is 8.07. The molecule has 5 nitrogen and oxygen atoms in total. The van der Waals surface area contributed by atoms with Crippen LogP contribution in [0.25, 0.3) is 0 Å². The SMILES string of the molecule is NNC(Cc1nccs1)c1cnsn1. The van der Waals surface area contributed by atoms with Crippen LogP contribution in [0.1, 0.15) is 16.7 Å². The monoisotopic (exact) mass is 227 g/mol. The van der Waals surface area contributed by atoms with Gasteiger partial charge < -0.3 is 0 Å². The summed E-state index contributed by atoms with van der Waals surface area (Å²) in [5.41, 5.74) is 3.58. The van der Waals surface area contributed by atoms with Crippen molar-refractivity contribution in [1.82, 2.24) is 19.2 Å². The Morgan fingerprint density at radius 1 is 1.57 bits per heavy atom. The Hall–Kier alpha value is -0.890. The Kier molecular flexibility index (Phi) is 3.14. The zero-order valence-electron chi connectivity index (χ0n) is 7.25. The average Bonchev–Trinajstić information content (AvgIpc) is 2.86. The molecule has 2 heterocycles. The first-order chi connectivity index (χ1) is 6.90. The van der Waals surface area contributed by atoms with Crippen LogP contribution in [0, 0.1) is 0 Å². The van der Waals surface area contributed by atoms with Crippen LogP contribution in [0.4, 0.5) is 0 Å². The molecule has 3 N–H and O–H groups in total. The normalized spacial score (nSPS) is 12.9. The van der Waals surface area contributed by atoms with E-state index in [9.17, 15) is 0 Å². The zero-order valence-corrected chi connectivity index (χ0v) is 8.88. The lowest BCUT2D eigenvalue weighted by atomic mass is 10.2. The third-order valence-electron chi connectivity index (χ3n) is 1.80. The molecule has 0 aliphatic carbocycles. The minimum atomic E-state index is -0.0000926. The van der Waals surface area contributed by atoms with E-state index in [2.05, 4.69) is 19.2 Å². The predicted molar refractivity (Wildman–Crippen MR) is 55.8 cm³/mol. The maximum absolute atomic E-state index is 5.44. The van der Waals surface area contributed by atoms with Gasteiger partial charge in [0.1, 0.15) is 0 Å². The fourth-order valence-electron chi connectivity index (χ4n) is 1.10. The molecule has 0 aliphatic heterocycles. The lowest BCUT2D eigenvalue weighted by molar-refractivity contribution is 0.541. The molecule has 0 spiro atoms. The van der Waals surface area contributed by atoms with Crippen molar-refractivity contribution in [3.63, 3.8) is 0 Å². The molecule has 0 bridgehead atoms. The van der Waals surface area contributed by atoms with Gasteiger partial charge in [-0.2, -0.15) is 8.75 Å². The summed E-state index contributed by atoms with van der Waals surface area (Å²) in [7, 11) is 0. The number of thiazole rings is 1. The van der Waals surface area contributed by atoms with Crippen molar-refractivity contribution in [3.8, 4) is 0 Å². The molecule has 0 aliphatic rings.